The number of hydrogen-bond acceptors (Lipinski definition) is 4. The third-order valence-corrected chi connectivity index (χ3v) is 5.98. The highest BCUT2D eigenvalue weighted by atomic mass is 35.5. The molecule has 0 aliphatic heterocycles. The van der Waals surface area contributed by atoms with Gasteiger partial charge >= 0.3 is 0 Å². The molecule has 0 amide bonds. The first kappa shape index (κ1) is 24.3. The number of nitrogens with zero attached hydrogens (tertiary/aromatic N) is 2. The van der Waals surface area contributed by atoms with Crippen molar-refractivity contribution in [3.63, 3.8) is 0 Å². The number of fused-ring (bicyclic) bond motifs is 1. The molecule has 2 saturated carbocycles. The zero-order valence-corrected chi connectivity index (χ0v) is 17.3. The maximum atomic E-state index is 13.9. The lowest BCUT2D eigenvalue weighted by Crippen LogP contribution is -2.31. The molecule has 0 heterocycles. The predicted octanol–water partition coefficient (Wildman–Crippen LogP) is 3.43. The minimum Gasteiger partial charge on any atom is -0.483 e. The van der Waals surface area contributed by atoms with E-state index in [2.05, 4.69) is 30.9 Å². The average Bonchev–Trinajstić information content (AvgIpc) is 3.19. The van der Waals surface area contributed by atoms with E-state index in [-0.39, 0.29) is 18.8 Å². The summed E-state index contributed by atoms with van der Waals surface area (Å²) < 4.78 is 13.9. The van der Waals surface area contributed by atoms with Crippen LogP contribution in [0.3, 0.4) is 0 Å². The summed E-state index contributed by atoms with van der Waals surface area (Å²) in [7, 11) is 6.50. The van der Waals surface area contributed by atoms with Crippen LogP contribution in [0.25, 0.3) is 0 Å². The van der Waals surface area contributed by atoms with E-state index in [1.165, 1.54) is 31.7 Å². The van der Waals surface area contributed by atoms with Gasteiger partial charge in [0.1, 0.15) is 5.82 Å². The monoisotopic (exact) mass is 416 g/mol. The van der Waals surface area contributed by atoms with Crippen LogP contribution in [0.15, 0.2) is 18.2 Å². The van der Waals surface area contributed by atoms with E-state index in [9.17, 15) is 4.39 Å². The van der Waals surface area contributed by atoms with E-state index < -0.39 is 0 Å². The highest BCUT2D eigenvalue weighted by Crippen LogP contribution is 2.46. The Morgan fingerprint density at radius 1 is 1.04 bits per heavy atom. The molecule has 0 spiro atoms. The Bertz CT molecular complexity index is 612. The van der Waals surface area contributed by atoms with Crippen molar-refractivity contribution < 1.29 is 24.2 Å². The van der Waals surface area contributed by atoms with Crippen molar-refractivity contribution in [2.24, 2.45) is 11.8 Å². The second-order valence-corrected chi connectivity index (χ2v) is 8.03. The van der Waals surface area contributed by atoms with Crippen LogP contribution in [0.1, 0.15) is 31.2 Å². The Hall–Kier alpha value is -1.70. The molecule has 0 bridgehead atoms. The van der Waals surface area contributed by atoms with Gasteiger partial charge < -0.3 is 15.1 Å². The molecule has 158 valence electrons. The van der Waals surface area contributed by atoms with E-state index in [4.69, 9.17) is 31.4 Å². The maximum absolute atomic E-state index is 13.9. The molecule has 3 rings (SSSR count). The lowest BCUT2D eigenvalue weighted by atomic mass is 10.0. The lowest BCUT2D eigenvalue weighted by molar-refractivity contribution is -0.123. The van der Waals surface area contributed by atoms with Crippen molar-refractivity contribution in [1.29, 1.82) is 0 Å². The fourth-order valence-electron chi connectivity index (χ4n) is 4.40. The highest BCUT2D eigenvalue weighted by Gasteiger charge is 2.43. The molecule has 2 aliphatic carbocycles. The summed E-state index contributed by atoms with van der Waals surface area (Å²) in [6.45, 7) is 0.146. The fourth-order valence-corrected chi connectivity index (χ4v) is 4.59. The molecular weight excluding hydrogens is 387 g/mol. The van der Waals surface area contributed by atoms with Gasteiger partial charge in [0.2, 0.25) is 0 Å². The van der Waals surface area contributed by atoms with Crippen LogP contribution in [0.2, 0.25) is 5.02 Å². The molecular formula is C20H30ClFN2O4. The zero-order chi connectivity index (χ0) is 21.3. The van der Waals surface area contributed by atoms with Crippen molar-refractivity contribution in [3.05, 3.63) is 34.6 Å². The first-order valence-corrected chi connectivity index (χ1v) is 9.61. The van der Waals surface area contributed by atoms with Crippen molar-refractivity contribution in [2.75, 3.05) is 21.1 Å². The molecule has 8 heteroatoms. The molecule has 4 atom stereocenters. The Morgan fingerprint density at radius 3 is 1.96 bits per heavy atom. The normalized spacial score (nSPS) is 25.4. The summed E-state index contributed by atoms with van der Waals surface area (Å²) >= 11 is 5.99. The van der Waals surface area contributed by atoms with Crippen molar-refractivity contribution in [2.45, 2.75) is 44.3 Å². The molecule has 2 fully saturated rings. The number of halogens is 2. The Labute approximate surface area is 170 Å². The molecule has 2 aliphatic rings. The quantitative estimate of drug-likeness (QED) is 0.732. The SMILES string of the molecule is CN(C)C1C[C@@H]2CC(N(C)Cc3cc(Cl)ccc3F)C[C@@H]2C1.O=CO.O=CO. The van der Waals surface area contributed by atoms with Crippen LogP contribution in [0.5, 0.6) is 0 Å². The summed E-state index contributed by atoms with van der Waals surface area (Å²) in [5.74, 6) is 1.55. The molecule has 0 aromatic heterocycles. The van der Waals surface area contributed by atoms with E-state index in [0.29, 0.717) is 23.2 Å². The summed E-state index contributed by atoms with van der Waals surface area (Å²) in [6.07, 6.45) is 5.17. The maximum Gasteiger partial charge on any atom is 0.290 e. The summed E-state index contributed by atoms with van der Waals surface area (Å²) in [6, 6.07) is 6.17. The van der Waals surface area contributed by atoms with Crippen LogP contribution in [0.4, 0.5) is 4.39 Å². The van der Waals surface area contributed by atoms with E-state index in [1.807, 2.05) is 0 Å². The van der Waals surface area contributed by atoms with Gasteiger partial charge in [-0.3, -0.25) is 14.5 Å². The Morgan fingerprint density at radius 2 is 1.50 bits per heavy atom. The highest BCUT2D eigenvalue weighted by molar-refractivity contribution is 6.30. The van der Waals surface area contributed by atoms with Crippen LogP contribution >= 0.6 is 11.6 Å². The molecule has 2 N–H and O–H groups in total. The molecule has 6 nitrogen and oxygen atoms in total. The van der Waals surface area contributed by atoms with E-state index in [0.717, 1.165) is 17.9 Å². The largest absolute Gasteiger partial charge is 0.483 e. The zero-order valence-electron chi connectivity index (χ0n) is 16.6. The summed E-state index contributed by atoms with van der Waals surface area (Å²) in [5, 5.41) is 14.4. The van der Waals surface area contributed by atoms with Gasteiger partial charge in [0.25, 0.3) is 12.9 Å². The summed E-state index contributed by atoms with van der Waals surface area (Å²) in [4.78, 5) is 21.4. The standard InChI is InChI=1S/C18H26ClFN2.2CH2O2/c1-21(2)16-7-12-9-17(10-13(12)8-16)22(3)11-14-6-15(19)4-5-18(14)20;2*2-1-3/h4-6,12-13,16-17H,7-11H2,1-3H3;2*1H,(H,2,3)/t12-,13+,16?,17?;;. The Balaban J connectivity index is 0.000000582. The van der Waals surface area contributed by atoms with Gasteiger partial charge in [-0.2, -0.15) is 0 Å². The predicted molar refractivity (Wildman–Crippen MR) is 107 cm³/mol. The van der Waals surface area contributed by atoms with Crippen molar-refractivity contribution >= 4 is 24.5 Å². The van der Waals surface area contributed by atoms with Crippen molar-refractivity contribution in [3.8, 4) is 0 Å². The first-order valence-electron chi connectivity index (χ1n) is 9.23. The van der Waals surface area contributed by atoms with Gasteiger partial charge in [0.05, 0.1) is 0 Å². The van der Waals surface area contributed by atoms with Gasteiger partial charge in [0, 0.05) is 29.2 Å². The Kier molecular flexibility index (Phi) is 10.4. The second-order valence-electron chi connectivity index (χ2n) is 7.60. The van der Waals surface area contributed by atoms with Crippen LogP contribution in [-0.4, -0.2) is 66.2 Å². The number of hydrogen-bond donors (Lipinski definition) is 2. The second kappa shape index (κ2) is 12.0. The van der Waals surface area contributed by atoms with Gasteiger partial charge in [-0.1, -0.05) is 11.6 Å². The van der Waals surface area contributed by atoms with Crippen molar-refractivity contribution in [1.82, 2.24) is 9.80 Å². The molecule has 1 aromatic carbocycles. The minimum atomic E-state index is -0.250. The van der Waals surface area contributed by atoms with Crippen LogP contribution < -0.4 is 0 Å². The van der Waals surface area contributed by atoms with Crippen LogP contribution in [-0.2, 0) is 16.1 Å². The smallest absolute Gasteiger partial charge is 0.290 e. The van der Waals surface area contributed by atoms with Crippen LogP contribution in [0, 0.1) is 17.7 Å². The number of carboxylic acid groups (broad SMARTS) is 2. The third kappa shape index (κ3) is 7.04. The van der Waals surface area contributed by atoms with Gasteiger partial charge in [-0.15, -0.1) is 0 Å². The number of rotatable bonds is 4. The van der Waals surface area contributed by atoms with Gasteiger partial charge in [-0.05, 0) is 76.9 Å². The average molecular weight is 417 g/mol. The fraction of sp³-hybridized carbons (Fsp3) is 0.600. The summed E-state index contributed by atoms with van der Waals surface area (Å²) in [5.41, 5.74) is 0.707. The topological polar surface area (TPSA) is 81.1 Å². The van der Waals surface area contributed by atoms with E-state index >= 15 is 0 Å². The molecule has 28 heavy (non-hydrogen) atoms. The molecule has 2 unspecified atom stereocenters. The molecule has 0 saturated heterocycles. The number of carbonyl (C=O) groups is 2. The number of benzene rings is 1. The first-order chi connectivity index (χ1) is 13.3. The molecule has 1 aromatic rings. The minimum absolute atomic E-state index is 0.151. The lowest BCUT2D eigenvalue weighted by Gasteiger charge is -2.27. The third-order valence-electron chi connectivity index (χ3n) is 5.75. The van der Waals surface area contributed by atoms with Gasteiger partial charge in [-0.25, -0.2) is 4.39 Å². The van der Waals surface area contributed by atoms with Gasteiger partial charge in [0.15, 0.2) is 0 Å². The molecule has 0 radical (unpaired) electrons. The van der Waals surface area contributed by atoms with E-state index in [1.54, 1.807) is 12.1 Å².